The molecule has 0 atom stereocenters. The summed E-state index contributed by atoms with van der Waals surface area (Å²) in [6.07, 6.45) is 1.37. The molecule has 15 heavy (non-hydrogen) atoms. The highest BCUT2D eigenvalue weighted by molar-refractivity contribution is 9.10. The summed E-state index contributed by atoms with van der Waals surface area (Å²) in [6, 6.07) is 1.61. The van der Waals surface area contributed by atoms with Crippen LogP contribution in [-0.2, 0) is 11.3 Å². The van der Waals surface area contributed by atoms with Gasteiger partial charge in [-0.3, -0.25) is 0 Å². The van der Waals surface area contributed by atoms with Crippen molar-refractivity contribution in [2.24, 2.45) is 4.99 Å². The van der Waals surface area contributed by atoms with E-state index in [9.17, 15) is 9.18 Å². The number of carbonyl (C=O) groups excluding carboxylic acids is 1. The van der Waals surface area contributed by atoms with Crippen molar-refractivity contribution in [1.82, 2.24) is 0 Å². The highest BCUT2D eigenvalue weighted by Gasteiger charge is 2.14. The highest BCUT2D eigenvalue weighted by Crippen LogP contribution is 2.33. The lowest BCUT2D eigenvalue weighted by atomic mass is 10.1. The number of halogens is 2. The van der Waals surface area contributed by atoms with E-state index in [0.717, 1.165) is 5.56 Å². The predicted octanol–water partition coefficient (Wildman–Crippen LogP) is 2.74. The van der Waals surface area contributed by atoms with Crippen LogP contribution in [-0.4, -0.2) is 13.2 Å². The molecule has 0 saturated carbocycles. The molecule has 1 aromatic rings. The topological polar surface area (TPSA) is 38.7 Å². The minimum atomic E-state index is -0.506. The normalized spacial score (nSPS) is 9.60. The van der Waals surface area contributed by atoms with Crippen LogP contribution in [0.1, 0.15) is 11.1 Å². The first-order chi connectivity index (χ1) is 7.11. The number of aryl methyl sites for hydroxylation is 1. The summed E-state index contributed by atoms with van der Waals surface area (Å²) in [5.74, 6) is -0.375. The number of rotatable bonds is 3. The monoisotopic (exact) mass is 273 g/mol. The maximum absolute atomic E-state index is 13.7. The minimum Gasteiger partial charge on any atom is -0.492 e. The van der Waals surface area contributed by atoms with Crippen LogP contribution in [0.5, 0.6) is 5.75 Å². The lowest BCUT2D eigenvalue weighted by Gasteiger charge is -2.10. The van der Waals surface area contributed by atoms with E-state index in [0.29, 0.717) is 10.0 Å². The van der Waals surface area contributed by atoms with Gasteiger partial charge in [0.2, 0.25) is 6.08 Å². The Morgan fingerprint density at radius 1 is 1.67 bits per heavy atom. The van der Waals surface area contributed by atoms with E-state index in [-0.39, 0.29) is 12.3 Å². The van der Waals surface area contributed by atoms with Gasteiger partial charge in [0.15, 0.2) is 11.6 Å². The Hall–Kier alpha value is -1.19. The molecular formula is C10H9BrFNO2. The maximum Gasteiger partial charge on any atom is 0.235 e. The highest BCUT2D eigenvalue weighted by atomic mass is 79.9. The zero-order valence-electron chi connectivity index (χ0n) is 8.30. The van der Waals surface area contributed by atoms with Crippen LogP contribution >= 0.6 is 15.9 Å². The van der Waals surface area contributed by atoms with E-state index < -0.39 is 5.82 Å². The van der Waals surface area contributed by atoms with Crippen LogP contribution in [0.4, 0.5) is 4.39 Å². The average Bonchev–Trinajstić information content (AvgIpc) is 2.22. The summed E-state index contributed by atoms with van der Waals surface area (Å²) in [4.78, 5) is 13.3. The molecule has 0 bridgehead atoms. The van der Waals surface area contributed by atoms with Gasteiger partial charge in [-0.05, 0) is 34.5 Å². The largest absolute Gasteiger partial charge is 0.492 e. The van der Waals surface area contributed by atoms with Crippen LogP contribution in [0.3, 0.4) is 0 Å². The molecule has 0 saturated heterocycles. The van der Waals surface area contributed by atoms with Crippen LogP contribution < -0.4 is 4.74 Å². The maximum atomic E-state index is 13.7. The third-order valence-corrected chi connectivity index (χ3v) is 2.92. The first kappa shape index (κ1) is 11.9. The molecule has 1 rings (SSSR count). The Bertz CT molecular complexity index is 428. The smallest absolute Gasteiger partial charge is 0.235 e. The van der Waals surface area contributed by atoms with Crippen molar-refractivity contribution in [3.63, 3.8) is 0 Å². The van der Waals surface area contributed by atoms with Gasteiger partial charge in [-0.25, -0.2) is 14.2 Å². The second-order valence-electron chi connectivity index (χ2n) is 2.92. The lowest BCUT2D eigenvalue weighted by Crippen LogP contribution is -1.97. The van der Waals surface area contributed by atoms with Gasteiger partial charge in [-0.2, -0.15) is 0 Å². The van der Waals surface area contributed by atoms with Crippen LogP contribution in [0.15, 0.2) is 15.5 Å². The molecule has 0 fully saturated rings. The molecule has 0 aliphatic carbocycles. The number of hydrogen-bond donors (Lipinski definition) is 0. The second-order valence-corrected chi connectivity index (χ2v) is 3.71. The van der Waals surface area contributed by atoms with Crippen molar-refractivity contribution < 1.29 is 13.9 Å². The first-order valence-electron chi connectivity index (χ1n) is 4.17. The quantitative estimate of drug-likeness (QED) is 0.628. The molecule has 1 aromatic carbocycles. The third-order valence-electron chi connectivity index (χ3n) is 1.94. The number of benzene rings is 1. The molecule has 80 valence electrons. The summed E-state index contributed by atoms with van der Waals surface area (Å²) in [5, 5.41) is 0. The molecule has 0 radical (unpaired) electrons. The van der Waals surface area contributed by atoms with Crippen molar-refractivity contribution in [1.29, 1.82) is 0 Å². The van der Waals surface area contributed by atoms with Crippen LogP contribution in [0.2, 0.25) is 0 Å². The van der Waals surface area contributed by atoms with Crippen molar-refractivity contribution >= 4 is 22.0 Å². The number of ether oxygens (including phenoxy) is 1. The van der Waals surface area contributed by atoms with Gasteiger partial charge in [-0.15, -0.1) is 0 Å². The molecule has 0 spiro atoms. The summed E-state index contributed by atoms with van der Waals surface area (Å²) in [6.45, 7) is 1.78. The minimum absolute atomic E-state index is 0.0280. The Morgan fingerprint density at radius 3 is 2.87 bits per heavy atom. The molecule has 5 heteroatoms. The summed E-state index contributed by atoms with van der Waals surface area (Å²) < 4.78 is 19.2. The fourth-order valence-electron chi connectivity index (χ4n) is 1.22. The first-order valence-corrected chi connectivity index (χ1v) is 4.96. The zero-order chi connectivity index (χ0) is 11.4. The van der Waals surface area contributed by atoms with Crippen molar-refractivity contribution in [3.8, 4) is 5.75 Å². The molecule has 3 nitrogen and oxygen atoms in total. The molecule has 0 heterocycles. The van der Waals surface area contributed by atoms with E-state index in [1.165, 1.54) is 13.2 Å². The summed E-state index contributed by atoms with van der Waals surface area (Å²) in [5.41, 5.74) is 1.14. The van der Waals surface area contributed by atoms with Gasteiger partial charge in [0.25, 0.3) is 0 Å². The van der Waals surface area contributed by atoms with Gasteiger partial charge in [0.1, 0.15) is 0 Å². The average molecular weight is 274 g/mol. The van der Waals surface area contributed by atoms with E-state index in [4.69, 9.17) is 4.74 Å². The number of aliphatic imine (C=N–C) groups is 1. The van der Waals surface area contributed by atoms with Crippen LogP contribution in [0.25, 0.3) is 0 Å². The number of nitrogens with zero attached hydrogens (tertiary/aromatic N) is 1. The van der Waals surface area contributed by atoms with E-state index in [1.807, 2.05) is 0 Å². The molecule has 0 N–H and O–H groups in total. The van der Waals surface area contributed by atoms with E-state index in [2.05, 4.69) is 20.9 Å². The Morgan fingerprint density at radius 2 is 2.33 bits per heavy atom. The van der Waals surface area contributed by atoms with E-state index in [1.54, 1.807) is 13.0 Å². The molecule has 0 amide bonds. The van der Waals surface area contributed by atoms with Gasteiger partial charge in [0.05, 0.1) is 18.1 Å². The Balaban J connectivity index is 3.29. The number of methoxy groups -OCH3 is 1. The zero-order valence-corrected chi connectivity index (χ0v) is 9.89. The Labute approximate surface area is 95.1 Å². The molecular weight excluding hydrogens is 265 g/mol. The molecule has 0 aromatic heterocycles. The van der Waals surface area contributed by atoms with Crippen molar-refractivity contribution in [2.45, 2.75) is 13.5 Å². The standard InChI is InChI=1S/C10H9BrFNO2/c1-6-3-7(4-13-5-14)9(12)10(15-2)8(6)11/h3H,4H2,1-2H3. The summed E-state index contributed by atoms with van der Waals surface area (Å²) in [7, 11) is 1.38. The lowest BCUT2D eigenvalue weighted by molar-refractivity contribution is 0.381. The Kier molecular flexibility index (Phi) is 4.00. The second kappa shape index (κ2) is 5.05. The van der Waals surface area contributed by atoms with Gasteiger partial charge < -0.3 is 4.74 Å². The van der Waals surface area contributed by atoms with Crippen molar-refractivity contribution in [2.75, 3.05) is 7.11 Å². The predicted molar refractivity (Wildman–Crippen MR) is 57.2 cm³/mol. The number of isocyanates is 1. The molecule has 0 aliphatic heterocycles. The third kappa shape index (κ3) is 2.43. The fraction of sp³-hybridized carbons (Fsp3) is 0.300. The molecule has 0 unspecified atom stereocenters. The fourth-order valence-corrected chi connectivity index (χ4v) is 1.67. The van der Waals surface area contributed by atoms with Gasteiger partial charge in [-0.1, -0.05) is 0 Å². The SMILES string of the molecule is COc1c(F)c(CN=C=O)cc(C)c1Br. The van der Waals surface area contributed by atoms with E-state index >= 15 is 0 Å². The van der Waals surface area contributed by atoms with Gasteiger partial charge >= 0.3 is 0 Å². The van der Waals surface area contributed by atoms with Gasteiger partial charge in [0, 0.05) is 5.56 Å². The van der Waals surface area contributed by atoms with Crippen molar-refractivity contribution in [3.05, 3.63) is 27.5 Å². The number of hydrogen-bond acceptors (Lipinski definition) is 3. The summed E-state index contributed by atoms with van der Waals surface area (Å²) >= 11 is 3.22. The molecule has 0 aliphatic rings. The van der Waals surface area contributed by atoms with Crippen LogP contribution in [0, 0.1) is 12.7 Å².